The number of hydrogen-bond acceptors (Lipinski definition) is 3. The van der Waals surface area contributed by atoms with E-state index in [4.69, 9.17) is 0 Å². The first kappa shape index (κ1) is 11.8. The predicted molar refractivity (Wildman–Crippen MR) is 54.3 cm³/mol. The van der Waals surface area contributed by atoms with Crippen molar-refractivity contribution >= 4 is 18.5 Å². The Morgan fingerprint density at radius 2 is 1.83 bits per heavy atom. The summed E-state index contributed by atoms with van der Waals surface area (Å²) in [5.41, 5.74) is 0. The first-order chi connectivity index (χ1) is 5.49. The lowest BCUT2D eigenvalue weighted by molar-refractivity contribution is -0.123. The lowest BCUT2D eigenvalue weighted by Gasteiger charge is -2.22. The van der Waals surface area contributed by atoms with Crippen molar-refractivity contribution in [3.8, 4) is 0 Å². The van der Waals surface area contributed by atoms with Crippen LogP contribution in [0.25, 0.3) is 0 Å². The fourth-order valence-corrected chi connectivity index (χ4v) is 1.15. The third kappa shape index (κ3) is 3.97. The standard InChI is InChI=1S/C8H18N2OS/c1-5(2)7(8(11)9-4)10-6(3)12/h5-7,10,12H,1-4H3,(H,9,11)/t6?,7-/m0/s1. The highest BCUT2D eigenvalue weighted by molar-refractivity contribution is 7.80. The minimum absolute atomic E-state index is 0.0194. The van der Waals surface area contributed by atoms with Gasteiger partial charge in [0, 0.05) is 12.4 Å². The number of hydrogen-bond donors (Lipinski definition) is 3. The third-order valence-electron chi connectivity index (χ3n) is 1.62. The van der Waals surface area contributed by atoms with Crippen LogP contribution in [0.2, 0.25) is 0 Å². The molecule has 4 heteroatoms. The molecule has 0 fully saturated rings. The van der Waals surface area contributed by atoms with Gasteiger partial charge in [0.1, 0.15) is 0 Å². The zero-order chi connectivity index (χ0) is 9.72. The van der Waals surface area contributed by atoms with Crippen LogP contribution >= 0.6 is 12.6 Å². The van der Waals surface area contributed by atoms with Gasteiger partial charge in [0.15, 0.2) is 0 Å². The molecule has 1 amide bonds. The second-order valence-corrected chi connectivity index (χ2v) is 3.95. The van der Waals surface area contributed by atoms with Crippen LogP contribution in [-0.4, -0.2) is 24.4 Å². The number of nitrogens with one attached hydrogen (secondary N) is 2. The van der Waals surface area contributed by atoms with Gasteiger partial charge in [-0.1, -0.05) is 13.8 Å². The molecule has 1 unspecified atom stereocenters. The van der Waals surface area contributed by atoms with E-state index in [9.17, 15) is 4.79 Å². The summed E-state index contributed by atoms with van der Waals surface area (Å²) >= 11 is 4.17. The second-order valence-electron chi connectivity index (χ2n) is 3.18. The van der Waals surface area contributed by atoms with Crippen LogP contribution in [0.4, 0.5) is 0 Å². The molecule has 0 aliphatic rings. The minimum Gasteiger partial charge on any atom is -0.358 e. The molecule has 0 aromatic heterocycles. The summed E-state index contributed by atoms with van der Waals surface area (Å²) in [6, 6.07) is -0.150. The molecule has 0 aromatic rings. The van der Waals surface area contributed by atoms with Crippen molar-refractivity contribution in [2.24, 2.45) is 5.92 Å². The Morgan fingerprint density at radius 1 is 1.33 bits per heavy atom. The number of carbonyl (C=O) groups is 1. The van der Waals surface area contributed by atoms with Gasteiger partial charge < -0.3 is 5.32 Å². The Balaban J connectivity index is 4.13. The smallest absolute Gasteiger partial charge is 0.237 e. The Bertz CT molecular complexity index is 148. The first-order valence-corrected chi connectivity index (χ1v) is 4.66. The van der Waals surface area contributed by atoms with Crippen LogP contribution < -0.4 is 10.6 Å². The number of likely N-dealkylation sites (N-methyl/N-ethyl adjacent to an activating group) is 1. The third-order valence-corrected chi connectivity index (χ3v) is 1.77. The topological polar surface area (TPSA) is 41.1 Å². The summed E-state index contributed by atoms with van der Waals surface area (Å²) in [4.78, 5) is 11.3. The predicted octanol–water partition coefficient (Wildman–Crippen LogP) is 0.622. The molecular formula is C8H18N2OS. The number of thiol groups is 1. The van der Waals surface area contributed by atoms with E-state index in [-0.39, 0.29) is 23.2 Å². The molecule has 0 aromatic carbocycles. The Kier molecular flexibility index (Phi) is 5.33. The summed E-state index contributed by atoms with van der Waals surface area (Å²) in [5, 5.41) is 5.74. The Morgan fingerprint density at radius 3 is 2.08 bits per heavy atom. The molecule has 2 N–H and O–H groups in total. The molecule has 0 rings (SSSR count). The van der Waals surface area contributed by atoms with Crippen molar-refractivity contribution in [3.05, 3.63) is 0 Å². The quantitative estimate of drug-likeness (QED) is 0.449. The maximum absolute atomic E-state index is 11.3. The van der Waals surface area contributed by atoms with E-state index in [0.29, 0.717) is 0 Å². The molecule has 2 atom stereocenters. The van der Waals surface area contributed by atoms with Crippen molar-refractivity contribution in [1.82, 2.24) is 10.6 Å². The van der Waals surface area contributed by atoms with E-state index < -0.39 is 0 Å². The fraction of sp³-hybridized carbons (Fsp3) is 0.875. The van der Waals surface area contributed by atoms with Gasteiger partial charge in [-0.25, -0.2) is 0 Å². The SMILES string of the molecule is CNC(=O)[C@@H](NC(C)S)C(C)C. The molecule has 0 heterocycles. The summed E-state index contributed by atoms with van der Waals surface area (Å²) in [6.45, 7) is 5.91. The highest BCUT2D eigenvalue weighted by Gasteiger charge is 2.21. The van der Waals surface area contributed by atoms with Gasteiger partial charge in [-0.05, 0) is 12.8 Å². The van der Waals surface area contributed by atoms with E-state index in [1.54, 1.807) is 7.05 Å². The summed E-state index contributed by atoms with van der Waals surface area (Å²) in [7, 11) is 1.64. The summed E-state index contributed by atoms with van der Waals surface area (Å²) < 4.78 is 0. The van der Waals surface area contributed by atoms with Gasteiger partial charge >= 0.3 is 0 Å². The average molecular weight is 190 g/mol. The van der Waals surface area contributed by atoms with Crippen molar-refractivity contribution in [2.45, 2.75) is 32.2 Å². The van der Waals surface area contributed by atoms with E-state index in [1.165, 1.54) is 0 Å². The molecule has 0 aliphatic carbocycles. The van der Waals surface area contributed by atoms with Gasteiger partial charge in [0.05, 0.1) is 6.04 Å². The van der Waals surface area contributed by atoms with Gasteiger partial charge in [-0.2, -0.15) is 12.6 Å². The highest BCUT2D eigenvalue weighted by Crippen LogP contribution is 2.03. The molecule has 0 saturated heterocycles. The van der Waals surface area contributed by atoms with Crippen LogP contribution in [0, 0.1) is 5.92 Å². The van der Waals surface area contributed by atoms with Crippen molar-refractivity contribution < 1.29 is 4.79 Å². The lowest BCUT2D eigenvalue weighted by atomic mass is 10.0. The van der Waals surface area contributed by atoms with Gasteiger partial charge in [-0.3, -0.25) is 10.1 Å². The number of amides is 1. The van der Waals surface area contributed by atoms with E-state index in [1.807, 2.05) is 20.8 Å². The lowest BCUT2D eigenvalue weighted by Crippen LogP contribution is -2.48. The molecule has 72 valence electrons. The van der Waals surface area contributed by atoms with Crippen molar-refractivity contribution in [1.29, 1.82) is 0 Å². The number of carbonyl (C=O) groups excluding carboxylic acids is 1. The first-order valence-electron chi connectivity index (χ1n) is 4.14. The minimum atomic E-state index is -0.150. The monoisotopic (exact) mass is 190 g/mol. The Hall–Kier alpha value is -0.220. The van der Waals surface area contributed by atoms with Crippen molar-refractivity contribution in [3.63, 3.8) is 0 Å². The molecule has 0 spiro atoms. The summed E-state index contributed by atoms with van der Waals surface area (Å²) in [6.07, 6.45) is 0. The zero-order valence-corrected chi connectivity index (χ0v) is 8.98. The normalized spacial score (nSPS) is 15.8. The molecule has 0 saturated carbocycles. The number of rotatable bonds is 4. The maximum Gasteiger partial charge on any atom is 0.237 e. The Labute approximate surface area is 79.7 Å². The molecule has 12 heavy (non-hydrogen) atoms. The molecule has 0 bridgehead atoms. The zero-order valence-electron chi connectivity index (χ0n) is 8.09. The van der Waals surface area contributed by atoms with Crippen LogP contribution in [0.3, 0.4) is 0 Å². The van der Waals surface area contributed by atoms with Crippen LogP contribution in [0.1, 0.15) is 20.8 Å². The maximum atomic E-state index is 11.3. The van der Waals surface area contributed by atoms with Crippen LogP contribution in [0.15, 0.2) is 0 Å². The van der Waals surface area contributed by atoms with Crippen LogP contribution in [-0.2, 0) is 4.79 Å². The van der Waals surface area contributed by atoms with Gasteiger partial charge in [0.25, 0.3) is 0 Å². The van der Waals surface area contributed by atoms with E-state index in [0.717, 1.165) is 0 Å². The largest absolute Gasteiger partial charge is 0.358 e. The average Bonchev–Trinajstić information content (AvgIpc) is 1.98. The van der Waals surface area contributed by atoms with E-state index >= 15 is 0 Å². The van der Waals surface area contributed by atoms with Gasteiger partial charge in [-0.15, -0.1) is 0 Å². The molecular weight excluding hydrogens is 172 g/mol. The van der Waals surface area contributed by atoms with Crippen molar-refractivity contribution in [2.75, 3.05) is 7.05 Å². The second kappa shape index (κ2) is 5.43. The fourth-order valence-electron chi connectivity index (χ4n) is 0.986. The molecule has 0 aliphatic heterocycles. The van der Waals surface area contributed by atoms with E-state index in [2.05, 4.69) is 23.3 Å². The molecule has 0 radical (unpaired) electrons. The molecule has 3 nitrogen and oxygen atoms in total. The highest BCUT2D eigenvalue weighted by atomic mass is 32.1. The van der Waals surface area contributed by atoms with Gasteiger partial charge in [0.2, 0.25) is 5.91 Å². The van der Waals surface area contributed by atoms with Crippen LogP contribution in [0.5, 0.6) is 0 Å². The summed E-state index contributed by atoms with van der Waals surface area (Å²) in [5.74, 6) is 0.297.